The van der Waals surface area contributed by atoms with Crippen LogP contribution < -0.4 is 4.90 Å². The zero-order valence-corrected chi connectivity index (χ0v) is 14.0. The highest BCUT2D eigenvalue weighted by Gasteiger charge is 2.60. The van der Waals surface area contributed by atoms with E-state index in [1.54, 1.807) is 4.90 Å². The second-order valence-corrected chi connectivity index (χ2v) is 7.04. The minimum Gasteiger partial charge on any atom is -0.340 e. The van der Waals surface area contributed by atoms with Crippen LogP contribution in [-0.4, -0.2) is 52.3 Å². The molecule has 1 saturated heterocycles. The molecule has 23 heavy (non-hydrogen) atoms. The summed E-state index contributed by atoms with van der Waals surface area (Å²) in [6.07, 6.45) is 6.47. The molecule has 1 spiro atoms. The van der Waals surface area contributed by atoms with Crippen LogP contribution >= 0.6 is 0 Å². The summed E-state index contributed by atoms with van der Waals surface area (Å²) in [4.78, 5) is 30.7. The van der Waals surface area contributed by atoms with Gasteiger partial charge in [0.1, 0.15) is 11.4 Å². The number of rotatable bonds is 2. The molecule has 4 rings (SSSR count). The van der Waals surface area contributed by atoms with Gasteiger partial charge >= 0.3 is 0 Å². The van der Waals surface area contributed by atoms with E-state index in [0.717, 1.165) is 49.7 Å². The fraction of sp³-hybridized carbons (Fsp3) is 0.647. The van der Waals surface area contributed by atoms with Crippen LogP contribution in [0, 0.1) is 18.8 Å². The monoisotopic (exact) mass is 313 g/mol. The molecule has 0 aromatic carbocycles. The van der Waals surface area contributed by atoms with E-state index in [0.29, 0.717) is 5.92 Å². The van der Waals surface area contributed by atoms with Gasteiger partial charge < -0.3 is 9.80 Å². The summed E-state index contributed by atoms with van der Waals surface area (Å²) in [6, 6.07) is 0. The summed E-state index contributed by atoms with van der Waals surface area (Å²) in [5.41, 5.74) is 0.541. The molecule has 6 nitrogen and oxygen atoms in total. The lowest BCUT2D eigenvalue weighted by atomic mass is 9.85. The molecule has 1 amide bonds. The molecular weight excluding hydrogens is 290 g/mol. The molecule has 122 valence electrons. The number of aryl methyl sites for hydroxylation is 1. The van der Waals surface area contributed by atoms with Crippen LogP contribution in [-0.2, 0) is 4.79 Å². The molecule has 0 bridgehead atoms. The van der Waals surface area contributed by atoms with Gasteiger partial charge in [-0.25, -0.2) is 9.97 Å². The zero-order chi connectivity index (χ0) is 16.2. The lowest BCUT2D eigenvalue weighted by molar-refractivity contribution is -0.131. The Labute approximate surface area is 136 Å². The van der Waals surface area contributed by atoms with Gasteiger partial charge in [0.25, 0.3) is 5.91 Å². The predicted octanol–water partition coefficient (Wildman–Crippen LogP) is 1.65. The maximum absolute atomic E-state index is 12.9. The van der Waals surface area contributed by atoms with Crippen molar-refractivity contribution in [2.24, 2.45) is 16.8 Å². The third-order valence-electron chi connectivity index (χ3n) is 5.71. The average molecular weight is 313 g/mol. The Morgan fingerprint density at radius 3 is 2.70 bits per heavy atom. The van der Waals surface area contributed by atoms with Crippen LogP contribution in [0.1, 0.15) is 31.7 Å². The predicted molar refractivity (Wildman–Crippen MR) is 88.4 cm³/mol. The van der Waals surface area contributed by atoms with Gasteiger partial charge in [0.15, 0.2) is 0 Å². The van der Waals surface area contributed by atoms with Crippen molar-refractivity contribution in [3.8, 4) is 0 Å². The van der Waals surface area contributed by atoms with Crippen LogP contribution in [0.2, 0.25) is 0 Å². The second-order valence-electron chi connectivity index (χ2n) is 7.04. The molecule has 0 N–H and O–H groups in total. The van der Waals surface area contributed by atoms with Gasteiger partial charge in [0.05, 0.1) is 0 Å². The summed E-state index contributed by atoms with van der Waals surface area (Å²) < 4.78 is 0. The number of carbonyl (C=O) groups excluding carboxylic acids is 1. The van der Waals surface area contributed by atoms with Crippen molar-refractivity contribution in [1.82, 2.24) is 14.9 Å². The molecule has 1 saturated carbocycles. The number of likely N-dealkylation sites (N-methyl/N-ethyl adjacent to an activating group) is 1. The molecule has 1 aromatic rings. The van der Waals surface area contributed by atoms with Crippen LogP contribution in [0.25, 0.3) is 0 Å². The fourth-order valence-corrected chi connectivity index (χ4v) is 4.49. The Kier molecular flexibility index (Phi) is 3.18. The molecule has 6 heteroatoms. The minimum atomic E-state index is -0.524. The average Bonchev–Trinajstić information content (AvgIpc) is 3.18. The van der Waals surface area contributed by atoms with Gasteiger partial charge in [-0.2, -0.15) is 0 Å². The Bertz CT molecular complexity index is 670. The van der Waals surface area contributed by atoms with E-state index in [1.807, 2.05) is 26.4 Å². The first-order valence-corrected chi connectivity index (χ1v) is 8.45. The van der Waals surface area contributed by atoms with Crippen molar-refractivity contribution in [3.63, 3.8) is 0 Å². The summed E-state index contributed by atoms with van der Waals surface area (Å²) in [5, 5.41) is 0. The maximum atomic E-state index is 12.9. The Hall–Kier alpha value is -1.98. The first kappa shape index (κ1) is 14.6. The van der Waals surface area contributed by atoms with E-state index < -0.39 is 5.54 Å². The van der Waals surface area contributed by atoms with Crippen LogP contribution in [0.15, 0.2) is 17.4 Å². The summed E-state index contributed by atoms with van der Waals surface area (Å²) in [7, 11) is 1.86. The Morgan fingerprint density at radius 2 is 2.04 bits per heavy atom. The normalized spacial score (nSPS) is 32.8. The van der Waals surface area contributed by atoms with E-state index >= 15 is 0 Å². The summed E-state index contributed by atoms with van der Waals surface area (Å²) >= 11 is 0. The van der Waals surface area contributed by atoms with Gasteiger partial charge in [-0.05, 0) is 31.2 Å². The molecule has 2 fully saturated rings. The van der Waals surface area contributed by atoms with Crippen LogP contribution in [0.4, 0.5) is 5.95 Å². The largest absolute Gasteiger partial charge is 0.340 e. The molecule has 3 atom stereocenters. The number of aliphatic imine (C=N–C) groups is 1. The van der Waals surface area contributed by atoms with E-state index in [-0.39, 0.29) is 11.8 Å². The van der Waals surface area contributed by atoms with Crippen molar-refractivity contribution in [2.75, 3.05) is 25.0 Å². The lowest BCUT2D eigenvalue weighted by Gasteiger charge is -2.27. The van der Waals surface area contributed by atoms with Crippen molar-refractivity contribution in [2.45, 2.75) is 38.6 Å². The van der Waals surface area contributed by atoms with Gasteiger partial charge in [0, 0.05) is 44.9 Å². The molecule has 1 aliphatic carbocycles. The number of amidine groups is 1. The number of hydrogen-bond acceptors (Lipinski definition) is 5. The minimum absolute atomic E-state index is 0.188. The number of aromatic nitrogens is 2. The van der Waals surface area contributed by atoms with Crippen molar-refractivity contribution < 1.29 is 4.79 Å². The first-order valence-electron chi connectivity index (χ1n) is 8.45. The smallest absolute Gasteiger partial charge is 0.255 e. The van der Waals surface area contributed by atoms with E-state index in [4.69, 9.17) is 4.99 Å². The molecule has 3 heterocycles. The van der Waals surface area contributed by atoms with Crippen molar-refractivity contribution in [1.29, 1.82) is 0 Å². The lowest BCUT2D eigenvalue weighted by Crippen LogP contribution is -2.45. The van der Waals surface area contributed by atoms with Crippen molar-refractivity contribution >= 4 is 17.7 Å². The quantitative estimate of drug-likeness (QED) is 0.833. The highest BCUT2D eigenvalue weighted by atomic mass is 16.2. The third kappa shape index (κ3) is 2.00. The Morgan fingerprint density at radius 1 is 1.30 bits per heavy atom. The molecule has 3 aliphatic rings. The maximum Gasteiger partial charge on any atom is 0.255 e. The van der Waals surface area contributed by atoms with Gasteiger partial charge in [-0.1, -0.05) is 6.92 Å². The van der Waals surface area contributed by atoms with Gasteiger partial charge in [-0.15, -0.1) is 0 Å². The second kappa shape index (κ2) is 5.01. The topological polar surface area (TPSA) is 61.7 Å². The number of fused-ring (bicyclic) bond motifs is 2. The first-order chi connectivity index (χ1) is 11.0. The summed E-state index contributed by atoms with van der Waals surface area (Å²) in [6.45, 7) is 5.82. The number of amides is 1. The SMILES string of the molecule is CCC1=N[C@@]2(CC[C@@H]3CN(c4ncc(C)cn4)C[C@@H]32)C(=O)N1C. The molecule has 0 radical (unpaired) electrons. The Balaban J connectivity index is 1.62. The zero-order valence-electron chi connectivity index (χ0n) is 14.0. The molecule has 0 unspecified atom stereocenters. The number of anilines is 1. The fourth-order valence-electron chi connectivity index (χ4n) is 4.49. The van der Waals surface area contributed by atoms with E-state index in [9.17, 15) is 4.79 Å². The van der Waals surface area contributed by atoms with Gasteiger partial charge in [0.2, 0.25) is 5.95 Å². The standard InChI is InChI=1S/C17H23N5O/c1-4-14-20-17(15(23)21(14)3)6-5-12-9-22(10-13(12)17)16-18-7-11(2)8-19-16/h7-8,12-13H,4-6,9-10H2,1-3H3/t12-,13+,17-/m1/s1. The van der Waals surface area contributed by atoms with Crippen molar-refractivity contribution in [3.05, 3.63) is 18.0 Å². The highest BCUT2D eigenvalue weighted by Crippen LogP contribution is 2.50. The van der Waals surface area contributed by atoms with E-state index in [1.165, 1.54) is 0 Å². The highest BCUT2D eigenvalue weighted by molar-refractivity contribution is 6.08. The number of nitrogens with zero attached hydrogens (tertiary/aromatic N) is 5. The van der Waals surface area contributed by atoms with Crippen LogP contribution in [0.3, 0.4) is 0 Å². The van der Waals surface area contributed by atoms with E-state index in [2.05, 4.69) is 21.8 Å². The molecular formula is C17H23N5O. The van der Waals surface area contributed by atoms with Crippen LogP contribution in [0.5, 0.6) is 0 Å². The number of carbonyl (C=O) groups is 1. The third-order valence-corrected chi connectivity index (χ3v) is 5.71. The molecule has 1 aromatic heterocycles. The number of hydrogen-bond donors (Lipinski definition) is 0. The molecule has 2 aliphatic heterocycles. The van der Waals surface area contributed by atoms with Gasteiger partial charge in [-0.3, -0.25) is 9.79 Å². The summed E-state index contributed by atoms with van der Waals surface area (Å²) in [5.74, 6) is 2.69.